The van der Waals surface area contributed by atoms with Crippen LogP contribution in [-0.4, -0.2) is 16.4 Å². The molecule has 0 aliphatic carbocycles. The van der Waals surface area contributed by atoms with Crippen LogP contribution in [0.15, 0.2) is 35.1 Å². The Hall–Kier alpha value is -0.710. The third kappa shape index (κ3) is 3.63. The van der Waals surface area contributed by atoms with Gasteiger partial charge in [-0.05, 0) is 28.1 Å². The maximum atomic E-state index is 5.88. The van der Waals surface area contributed by atoms with Crippen LogP contribution in [0.25, 0.3) is 0 Å². The molecule has 0 bridgehead atoms. The second-order valence-electron chi connectivity index (χ2n) is 3.35. The average molecular weight is 336 g/mol. The molecular formula is C11H9BrCl2N2O. The number of ether oxygens (including phenoxy) is 1. The molecule has 0 radical (unpaired) electrons. The summed E-state index contributed by atoms with van der Waals surface area (Å²) in [5.41, 5.74) is 0. The van der Waals surface area contributed by atoms with E-state index in [4.69, 9.17) is 27.9 Å². The number of hydrogen-bond donors (Lipinski definition) is 0. The van der Waals surface area contributed by atoms with Crippen molar-refractivity contribution >= 4 is 39.1 Å². The number of halogens is 3. The second-order valence-corrected chi connectivity index (χ2v) is 5.08. The predicted octanol–water partition coefficient (Wildman–Crippen LogP) is 4.03. The summed E-state index contributed by atoms with van der Waals surface area (Å²) in [5.74, 6) is 0.700. The van der Waals surface area contributed by atoms with Gasteiger partial charge in [0.2, 0.25) is 0 Å². The maximum absolute atomic E-state index is 5.88. The highest BCUT2D eigenvalue weighted by Crippen LogP contribution is 2.26. The lowest BCUT2D eigenvalue weighted by Gasteiger charge is -2.07. The molecule has 2 rings (SSSR count). The molecule has 0 amide bonds. The quantitative estimate of drug-likeness (QED) is 0.843. The molecule has 2 aromatic rings. The molecule has 0 saturated heterocycles. The summed E-state index contributed by atoms with van der Waals surface area (Å²) in [6.45, 7) is 1.19. The first-order valence-corrected chi connectivity index (χ1v) is 6.46. The molecule has 0 aliphatic rings. The highest BCUT2D eigenvalue weighted by atomic mass is 79.9. The highest BCUT2D eigenvalue weighted by molar-refractivity contribution is 9.10. The minimum absolute atomic E-state index is 0.492. The third-order valence-electron chi connectivity index (χ3n) is 2.08. The summed E-state index contributed by atoms with van der Waals surface area (Å²) in [4.78, 5) is 0. The van der Waals surface area contributed by atoms with Gasteiger partial charge in [-0.25, -0.2) is 0 Å². The van der Waals surface area contributed by atoms with E-state index in [2.05, 4.69) is 21.0 Å². The van der Waals surface area contributed by atoms with E-state index in [0.717, 1.165) is 4.47 Å². The highest BCUT2D eigenvalue weighted by Gasteiger charge is 2.01. The molecular weight excluding hydrogens is 327 g/mol. The molecule has 1 heterocycles. The Balaban J connectivity index is 1.87. The zero-order chi connectivity index (χ0) is 12.3. The lowest BCUT2D eigenvalue weighted by Crippen LogP contribution is -2.08. The topological polar surface area (TPSA) is 27.1 Å². The van der Waals surface area contributed by atoms with Gasteiger partial charge in [-0.2, -0.15) is 5.10 Å². The minimum atomic E-state index is 0.492. The largest absolute Gasteiger partial charge is 0.492 e. The van der Waals surface area contributed by atoms with Crippen molar-refractivity contribution in [3.8, 4) is 5.75 Å². The molecule has 6 heteroatoms. The second kappa shape index (κ2) is 5.76. The molecule has 90 valence electrons. The first-order chi connectivity index (χ1) is 8.15. The average Bonchev–Trinajstić information content (AvgIpc) is 2.70. The monoisotopic (exact) mass is 334 g/mol. The van der Waals surface area contributed by atoms with E-state index in [1.807, 2.05) is 6.20 Å². The van der Waals surface area contributed by atoms with Crippen LogP contribution < -0.4 is 4.74 Å². The Kier molecular flexibility index (Phi) is 4.31. The van der Waals surface area contributed by atoms with E-state index in [0.29, 0.717) is 28.9 Å². The Labute approximate surface area is 117 Å². The van der Waals surface area contributed by atoms with Gasteiger partial charge in [-0.3, -0.25) is 4.68 Å². The van der Waals surface area contributed by atoms with Crippen LogP contribution in [0, 0.1) is 0 Å². The van der Waals surface area contributed by atoms with E-state index in [1.165, 1.54) is 0 Å². The van der Waals surface area contributed by atoms with E-state index < -0.39 is 0 Å². The lowest BCUT2D eigenvalue weighted by molar-refractivity contribution is 0.291. The number of hydrogen-bond acceptors (Lipinski definition) is 2. The summed E-state index contributed by atoms with van der Waals surface area (Å²) in [6.07, 6.45) is 3.62. The van der Waals surface area contributed by atoms with E-state index in [9.17, 15) is 0 Å². The van der Waals surface area contributed by atoms with Crippen LogP contribution >= 0.6 is 39.1 Å². The van der Waals surface area contributed by atoms with Gasteiger partial charge in [-0.15, -0.1) is 0 Å². The molecule has 0 N–H and O–H groups in total. The number of rotatable bonds is 4. The maximum Gasteiger partial charge on any atom is 0.120 e. The molecule has 0 fully saturated rings. The Bertz CT molecular complexity index is 516. The molecule has 1 aromatic heterocycles. The molecule has 17 heavy (non-hydrogen) atoms. The number of aromatic nitrogens is 2. The van der Waals surface area contributed by atoms with Crippen molar-refractivity contribution in [2.45, 2.75) is 6.54 Å². The van der Waals surface area contributed by atoms with Crippen molar-refractivity contribution in [1.29, 1.82) is 0 Å². The molecule has 1 aromatic carbocycles. The molecule has 0 spiro atoms. The first-order valence-electron chi connectivity index (χ1n) is 4.91. The summed E-state index contributed by atoms with van der Waals surface area (Å²) < 4.78 is 8.28. The van der Waals surface area contributed by atoms with Crippen molar-refractivity contribution in [3.63, 3.8) is 0 Å². The van der Waals surface area contributed by atoms with Gasteiger partial charge >= 0.3 is 0 Å². The molecule has 0 unspecified atom stereocenters. The number of nitrogens with zero attached hydrogens (tertiary/aromatic N) is 2. The number of benzene rings is 1. The fourth-order valence-electron chi connectivity index (χ4n) is 1.28. The van der Waals surface area contributed by atoms with Gasteiger partial charge < -0.3 is 4.74 Å². The van der Waals surface area contributed by atoms with E-state index in [-0.39, 0.29) is 0 Å². The van der Waals surface area contributed by atoms with Crippen LogP contribution in [0.4, 0.5) is 0 Å². The summed E-state index contributed by atoms with van der Waals surface area (Å²) in [6, 6.07) is 5.19. The summed E-state index contributed by atoms with van der Waals surface area (Å²) in [5, 5.41) is 5.14. The van der Waals surface area contributed by atoms with Gasteiger partial charge in [0.15, 0.2) is 0 Å². The van der Waals surface area contributed by atoms with Gasteiger partial charge in [0.25, 0.3) is 0 Å². The molecule has 0 aliphatic heterocycles. The van der Waals surface area contributed by atoms with Gasteiger partial charge in [0.1, 0.15) is 12.4 Å². The van der Waals surface area contributed by atoms with Crippen LogP contribution in [0.3, 0.4) is 0 Å². The Morgan fingerprint density at radius 1 is 1.29 bits per heavy atom. The summed E-state index contributed by atoms with van der Waals surface area (Å²) >= 11 is 15.0. The zero-order valence-electron chi connectivity index (χ0n) is 8.74. The van der Waals surface area contributed by atoms with Gasteiger partial charge in [0, 0.05) is 12.3 Å². The Morgan fingerprint density at radius 2 is 2.12 bits per heavy atom. The van der Waals surface area contributed by atoms with Crippen LogP contribution in [-0.2, 0) is 6.54 Å². The first kappa shape index (κ1) is 12.7. The van der Waals surface area contributed by atoms with E-state index >= 15 is 0 Å². The van der Waals surface area contributed by atoms with Crippen molar-refractivity contribution in [2.24, 2.45) is 0 Å². The van der Waals surface area contributed by atoms with Crippen molar-refractivity contribution in [1.82, 2.24) is 9.78 Å². The van der Waals surface area contributed by atoms with Crippen LogP contribution in [0.5, 0.6) is 5.75 Å². The molecule has 3 nitrogen and oxygen atoms in total. The zero-order valence-corrected chi connectivity index (χ0v) is 11.8. The normalized spacial score (nSPS) is 10.5. The van der Waals surface area contributed by atoms with Crippen LogP contribution in [0.2, 0.25) is 10.0 Å². The molecule has 0 saturated carbocycles. The summed E-state index contributed by atoms with van der Waals surface area (Å²) in [7, 11) is 0. The van der Waals surface area contributed by atoms with Gasteiger partial charge in [0.05, 0.1) is 27.3 Å². The molecule has 0 atom stereocenters. The minimum Gasteiger partial charge on any atom is -0.492 e. The van der Waals surface area contributed by atoms with Crippen LogP contribution in [0.1, 0.15) is 0 Å². The Morgan fingerprint density at radius 3 is 2.76 bits per heavy atom. The standard InChI is InChI=1S/C11H9BrCl2N2O/c12-8-6-15-16(7-8)3-4-17-9-1-2-10(13)11(14)5-9/h1-2,5-7H,3-4H2. The van der Waals surface area contributed by atoms with Crippen molar-refractivity contribution in [2.75, 3.05) is 6.61 Å². The third-order valence-corrected chi connectivity index (χ3v) is 3.23. The fraction of sp³-hybridized carbons (Fsp3) is 0.182. The van der Waals surface area contributed by atoms with Crippen molar-refractivity contribution < 1.29 is 4.74 Å². The SMILES string of the molecule is Clc1ccc(OCCn2cc(Br)cn2)cc1Cl. The van der Waals surface area contributed by atoms with E-state index in [1.54, 1.807) is 29.1 Å². The van der Waals surface area contributed by atoms with Crippen molar-refractivity contribution in [3.05, 3.63) is 45.1 Å². The smallest absolute Gasteiger partial charge is 0.120 e. The van der Waals surface area contributed by atoms with Gasteiger partial charge in [-0.1, -0.05) is 23.2 Å². The fourth-order valence-corrected chi connectivity index (χ4v) is 1.90. The lowest BCUT2D eigenvalue weighted by atomic mass is 10.3. The predicted molar refractivity (Wildman–Crippen MR) is 71.9 cm³/mol.